The van der Waals surface area contributed by atoms with Gasteiger partial charge in [0.2, 0.25) is 10.0 Å². The van der Waals surface area contributed by atoms with Crippen molar-refractivity contribution in [2.45, 2.75) is 24.8 Å². The van der Waals surface area contributed by atoms with Crippen LogP contribution < -0.4 is 10.0 Å². The van der Waals surface area contributed by atoms with Gasteiger partial charge in [0, 0.05) is 16.3 Å². The third kappa shape index (κ3) is 4.64. The van der Waals surface area contributed by atoms with Gasteiger partial charge in [-0.25, -0.2) is 13.1 Å². The summed E-state index contributed by atoms with van der Waals surface area (Å²) in [6.07, 6.45) is 0.888. The summed E-state index contributed by atoms with van der Waals surface area (Å²) >= 11 is 1.60. The van der Waals surface area contributed by atoms with Gasteiger partial charge in [-0.1, -0.05) is 12.1 Å². The molecule has 1 aromatic carbocycles. The van der Waals surface area contributed by atoms with Crippen LogP contribution in [0.5, 0.6) is 0 Å². The Kier molecular flexibility index (Phi) is 5.52. The molecule has 1 aromatic heterocycles. The second kappa shape index (κ2) is 7.17. The zero-order chi connectivity index (χ0) is 15.3. The highest BCUT2D eigenvalue weighted by Gasteiger charge is 2.13. The summed E-state index contributed by atoms with van der Waals surface area (Å²) in [7, 11) is -1.55. The van der Waals surface area contributed by atoms with Crippen molar-refractivity contribution in [3.05, 3.63) is 51.7 Å². The predicted molar refractivity (Wildman–Crippen MR) is 87.2 cm³/mol. The first-order chi connectivity index (χ1) is 10.0. The van der Waals surface area contributed by atoms with Crippen LogP contribution in [0.2, 0.25) is 0 Å². The van der Waals surface area contributed by atoms with Crippen LogP contribution in [0.25, 0.3) is 0 Å². The quantitative estimate of drug-likeness (QED) is 0.821. The number of thiophene rings is 1. The molecule has 0 aliphatic heterocycles. The van der Waals surface area contributed by atoms with Gasteiger partial charge in [-0.2, -0.15) is 0 Å². The van der Waals surface area contributed by atoms with Gasteiger partial charge in [-0.15, -0.1) is 11.3 Å². The number of hydrogen-bond acceptors (Lipinski definition) is 4. The van der Waals surface area contributed by atoms with Crippen molar-refractivity contribution in [1.82, 2.24) is 10.0 Å². The number of nitrogens with one attached hydrogen (secondary N) is 2. The molecule has 2 aromatic rings. The zero-order valence-electron chi connectivity index (χ0n) is 12.2. The van der Waals surface area contributed by atoms with Crippen molar-refractivity contribution in [1.29, 1.82) is 0 Å². The highest BCUT2D eigenvalue weighted by atomic mass is 32.2. The highest BCUT2D eigenvalue weighted by molar-refractivity contribution is 7.89. The van der Waals surface area contributed by atoms with Crippen LogP contribution in [0, 0.1) is 6.92 Å². The molecule has 0 fully saturated rings. The van der Waals surface area contributed by atoms with E-state index in [0.29, 0.717) is 11.4 Å². The third-order valence-electron chi connectivity index (χ3n) is 3.13. The molecule has 0 saturated carbocycles. The first kappa shape index (κ1) is 16.2. The van der Waals surface area contributed by atoms with E-state index in [4.69, 9.17) is 0 Å². The van der Waals surface area contributed by atoms with Crippen LogP contribution in [0.1, 0.15) is 15.3 Å². The van der Waals surface area contributed by atoms with E-state index in [1.54, 1.807) is 23.5 Å². The van der Waals surface area contributed by atoms with E-state index in [9.17, 15) is 8.42 Å². The summed E-state index contributed by atoms with van der Waals surface area (Å²) in [5.74, 6) is 0. The van der Waals surface area contributed by atoms with E-state index in [0.717, 1.165) is 23.4 Å². The minimum Gasteiger partial charge on any atom is -0.319 e. The molecule has 0 aliphatic carbocycles. The van der Waals surface area contributed by atoms with Crippen LogP contribution in [0.15, 0.2) is 41.3 Å². The number of hydrogen-bond donors (Lipinski definition) is 2. The number of benzene rings is 1. The van der Waals surface area contributed by atoms with Gasteiger partial charge in [0.25, 0.3) is 0 Å². The molecule has 6 heteroatoms. The summed E-state index contributed by atoms with van der Waals surface area (Å²) in [5.41, 5.74) is 1.12. The van der Waals surface area contributed by atoms with Crippen LogP contribution >= 0.6 is 11.3 Å². The summed E-state index contributed by atoms with van der Waals surface area (Å²) in [4.78, 5) is 2.50. The summed E-state index contributed by atoms with van der Waals surface area (Å²) in [6.45, 7) is 3.22. The van der Waals surface area contributed by atoms with Crippen molar-refractivity contribution in [2.24, 2.45) is 0 Å². The largest absolute Gasteiger partial charge is 0.319 e. The SMILES string of the molecule is CNCCc1ccc(S(=O)(=O)NCc2ccc(C)s2)cc1. The van der Waals surface area contributed by atoms with E-state index in [2.05, 4.69) is 10.0 Å². The standard InChI is InChI=1S/C15H20N2O2S2/c1-12-3-6-14(20-12)11-17-21(18,19)15-7-4-13(5-8-15)9-10-16-2/h3-8,16-17H,9-11H2,1-2H3. The van der Waals surface area contributed by atoms with Crippen LogP contribution in [-0.2, 0) is 23.0 Å². The molecule has 2 rings (SSSR count). The third-order valence-corrected chi connectivity index (χ3v) is 5.55. The second-order valence-corrected chi connectivity index (χ2v) is 7.97. The number of rotatable bonds is 7. The maximum absolute atomic E-state index is 12.2. The van der Waals surface area contributed by atoms with Crippen molar-refractivity contribution in [3.63, 3.8) is 0 Å². The first-order valence-electron chi connectivity index (χ1n) is 6.80. The Balaban J connectivity index is 2.01. The topological polar surface area (TPSA) is 58.2 Å². The van der Waals surface area contributed by atoms with Crippen molar-refractivity contribution < 1.29 is 8.42 Å². The van der Waals surface area contributed by atoms with Crippen molar-refractivity contribution in [3.8, 4) is 0 Å². The fourth-order valence-electron chi connectivity index (χ4n) is 1.93. The molecule has 0 aliphatic rings. The molecule has 0 bridgehead atoms. The van der Waals surface area contributed by atoms with E-state index in [-0.39, 0.29) is 0 Å². The fourth-order valence-corrected chi connectivity index (χ4v) is 3.86. The minimum atomic E-state index is -3.45. The Morgan fingerprint density at radius 3 is 2.38 bits per heavy atom. The van der Waals surface area contributed by atoms with E-state index in [1.807, 2.05) is 38.2 Å². The minimum absolute atomic E-state index is 0.309. The average Bonchev–Trinajstić information content (AvgIpc) is 2.89. The van der Waals surface area contributed by atoms with E-state index in [1.165, 1.54) is 4.88 Å². The molecule has 21 heavy (non-hydrogen) atoms. The Bertz CT molecular complexity index is 676. The maximum atomic E-state index is 12.2. The average molecular weight is 324 g/mol. The van der Waals surface area contributed by atoms with Gasteiger partial charge in [0.1, 0.15) is 0 Å². The molecule has 0 amide bonds. The Morgan fingerprint density at radius 1 is 1.10 bits per heavy atom. The fraction of sp³-hybridized carbons (Fsp3) is 0.333. The second-order valence-electron chi connectivity index (χ2n) is 4.83. The van der Waals surface area contributed by atoms with Gasteiger partial charge in [-0.05, 0) is 56.8 Å². The van der Waals surface area contributed by atoms with Crippen LogP contribution in [-0.4, -0.2) is 22.0 Å². The number of likely N-dealkylation sites (N-methyl/N-ethyl adjacent to an activating group) is 1. The Hall–Kier alpha value is -1.21. The van der Waals surface area contributed by atoms with Gasteiger partial charge in [0.05, 0.1) is 4.90 Å². The molecule has 0 radical (unpaired) electrons. The molecule has 114 valence electrons. The van der Waals surface area contributed by atoms with E-state index < -0.39 is 10.0 Å². The van der Waals surface area contributed by atoms with Crippen molar-refractivity contribution in [2.75, 3.05) is 13.6 Å². The molecule has 2 N–H and O–H groups in total. The van der Waals surface area contributed by atoms with Crippen LogP contribution in [0.4, 0.5) is 0 Å². The summed E-state index contributed by atoms with van der Waals surface area (Å²) in [5, 5.41) is 3.07. The lowest BCUT2D eigenvalue weighted by molar-refractivity contribution is 0.582. The monoisotopic (exact) mass is 324 g/mol. The van der Waals surface area contributed by atoms with Gasteiger partial charge in [-0.3, -0.25) is 0 Å². The Morgan fingerprint density at radius 2 is 1.81 bits per heavy atom. The summed E-state index contributed by atoms with van der Waals surface area (Å²) < 4.78 is 27.1. The molecule has 0 unspecified atom stereocenters. The lowest BCUT2D eigenvalue weighted by Gasteiger charge is -2.07. The normalized spacial score (nSPS) is 11.7. The molecule has 1 heterocycles. The smallest absolute Gasteiger partial charge is 0.240 e. The Labute approximate surface area is 130 Å². The van der Waals surface area contributed by atoms with Gasteiger partial charge < -0.3 is 5.32 Å². The highest BCUT2D eigenvalue weighted by Crippen LogP contribution is 2.16. The van der Waals surface area contributed by atoms with Gasteiger partial charge >= 0.3 is 0 Å². The maximum Gasteiger partial charge on any atom is 0.240 e. The number of sulfonamides is 1. The molecule has 0 spiro atoms. The first-order valence-corrected chi connectivity index (χ1v) is 9.10. The zero-order valence-corrected chi connectivity index (χ0v) is 13.9. The molecule has 4 nitrogen and oxygen atoms in total. The number of aryl methyl sites for hydroxylation is 1. The molecular weight excluding hydrogens is 304 g/mol. The molecule has 0 saturated heterocycles. The van der Waals surface area contributed by atoms with Crippen LogP contribution in [0.3, 0.4) is 0 Å². The predicted octanol–water partition coefficient (Wildman–Crippen LogP) is 2.30. The van der Waals surface area contributed by atoms with Gasteiger partial charge in [0.15, 0.2) is 0 Å². The van der Waals surface area contributed by atoms with E-state index >= 15 is 0 Å². The lowest BCUT2D eigenvalue weighted by atomic mass is 10.1. The molecule has 0 atom stereocenters. The van der Waals surface area contributed by atoms with Crippen molar-refractivity contribution >= 4 is 21.4 Å². The summed E-state index contributed by atoms with van der Waals surface area (Å²) in [6, 6.07) is 11.0. The molecular formula is C15H20N2O2S2. The lowest BCUT2D eigenvalue weighted by Crippen LogP contribution is -2.22.